The number of nitrogens with zero attached hydrogens (tertiary/aromatic N) is 1. The molecule has 0 aliphatic rings. The second-order valence-electron chi connectivity index (χ2n) is 2.66. The maximum Gasteiger partial charge on any atom is 0.272 e. The van der Waals surface area contributed by atoms with Gasteiger partial charge in [0.1, 0.15) is 6.29 Å². The van der Waals surface area contributed by atoms with Crippen molar-refractivity contribution in [2.75, 3.05) is 0 Å². The molecule has 0 saturated carbocycles. The lowest BCUT2D eigenvalue weighted by molar-refractivity contribution is 0.112. The fourth-order valence-electron chi connectivity index (χ4n) is 1.19. The molecule has 0 saturated heterocycles. The third kappa shape index (κ3) is 1.22. The van der Waals surface area contributed by atoms with E-state index in [1.165, 1.54) is 6.20 Å². The second-order valence-corrected chi connectivity index (χ2v) is 2.66. The SMILES string of the molecule is O=Cc1ccc2c(=O)[nH]ncc2c1. The zero-order chi connectivity index (χ0) is 9.26. The number of rotatable bonds is 1. The van der Waals surface area contributed by atoms with Gasteiger partial charge in [-0.15, -0.1) is 0 Å². The van der Waals surface area contributed by atoms with E-state index >= 15 is 0 Å². The van der Waals surface area contributed by atoms with E-state index in [1.54, 1.807) is 18.2 Å². The molecule has 0 atom stereocenters. The lowest BCUT2D eigenvalue weighted by atomic mass is 10.1. The van der Waals surface area contributed by atoms with Gasteiger partial charge in [-0.05, 0) is 12.1 Å². The molecule has 1 aromatic heterocycles. The molecule has 1 aromatic carbocycles. The number of fused-ring (bicyclic) bond motifs is 1. The van der Waals surface area contributed by atoms with Crippen LogP contribution in [0, 0.1) is 0 Å². The molecule has 13 heavy (non-hydrogen) atoms. The van der Waals surface area contributed by atoms with E-state index in [9.17, 15) is 9.59 Å². The average molecular weight is 174 g/mol. The predicted molar refractivity (Wildman–Crippen MR) is 47.8 cm³/mol. The third-order valence-corrected chi connectivity index (χ3v) is 1.83. The molecule has 0 spiro atoms. The number of aromatic nitrogens is 2. The van der Waals surface area contributed by atoms with Gasteiger partial charge in [0.2, 0.25) is 0 Å². The van der Waals surface area contributed by atoms with E-state index in [2.05, 4.69) is 10.2 Å². The molecule has 0 radical (unpaired) electrons. The van der Waals surface area contributed by atoms with Crippen molar-refractivity contribution < 1.29 is 4.79 Å². The Morgan fingerprint density at radius 2 is 2.23 bits per heavy atom. The molecule has 1 N–H and O–H groups in total. The smallest absolute Gasteiger partial charge is 0.272 e. The first kappa shape index (κ1) is 7.67. The van der Waals surface area contributed by atoms with Crippen LogP contribution in [0.15, 0.2) is 29.2 Å². The van der Waals surface area contributed by atoms with Gasteiger partial charge in [-0.2, -0.15) is 5.10 Å². The fraction of sp³-hybridized carbons (Fsp3) is 0. The highest BCUT2D eigenvalue weighted by atomic mass is 16.1. The highest BCUT2D eigenvalue weighted by Gasteiger charge is 1.98. The van der Waals surface area contributed by atoms with E-state index in [1.807, 2.05) is 0 Å². The Hall–Kier alpha value is -1.97. The molecule has 64 valence electrons. The van der Waals surface area contributed by atoms with Crippen molar-refractivity contribution in [3.63, 3.8) is 0 Å². The summed E-state index contributed by atoms with van der Waals surface area (Å²) in [7, 11) is 0. The van der Waals surface area contributed by atoms with Crippen LogP contribution in [-0.4, -0.2) is 16.5 Å². The van der Waals surface area contributed by atoms with E-state index in [0.29, 0.717) is 16.3 Å². The highest BCUT2D eigenvalue weighted by molar-refractivity contribution is 5.87. The van der Waals surface area contributed by atoms with Gasteiger partial charge in [0.05, 0.1) is 11.6 Å². The summed E-state index contributed by atoms with van der Waals surface area (Å²) < 4.78 is 0. The number of aromatic amines is 1. The van der Waals surface area contributed by atoms with Crippen molar-refractivity contribution in [3.8, 4) is 0 Å². The Morgan fingerprint density at radius 1 is 1.38 bits per heavy atom. The minimum atomic E-state index is -0.241. The van der Waals surface area contributed by atoms with Crippen molar-refractivity contribution in [2.24, 2.45) is 0 Å². The number of carbonyl (C=O) groups excluding carboxylic acids is 1. The Kier molecular flexibility index (Phi) is 1.66. The van der Waals surface area contributed by atoms with Crippen molar-refractivity contribution in [2.45, 2.75) is 0 Å². The largest absolute Gasteiger partial charge is 0.298 e. The Morgan fingerprint density at radius 3 is 3.00 bits per heavy atom. The van der Waals surface area contributed by atoms with E-state index in [0.717, 1.165) is 6.29 Å². The Balaban J connectivity index is 2.87. The molecule has 0 aliphatic heterocycles. The summed E-state index contributed by atoms with van der Waals surface area (Å²) in [4.78, 5) is 21.6. The summed E-state index contributed by atoms with van der Waals surface area (Å²) in [5.41, 5.74) is 0.301. The monoisotopic (exact) mass is 174 g/mol. The first-order chi connectivity index (χ1) is 6.31. The van der Waals surface area contributed by atoms with Crippen molar-refractivity contribution in [1.29, 1.82) is 0 Å². The van der Waals surface area contributed by atoms with Gasteiger partial charge < -0.3 is 0 Å². The molecule has 2 rings (SSSR count). The van der Waals surface area contributed by atoms with E-state index < -0.39 is 0 Å². The molecule has 0 amide bonds. The highest BCUT2D eigenvalue weighted by Crippen LogP contribution is 2.08. The molecular weight excluding hydrogens is 168 g/mol. The number of benzene rings is 1. The predicted octanol–water partition coefficient (Wildman–Crippen LogP) is 0.736. The van der Waals surface area contributed by atoms with Crippen molar-refractivity contribution in [1.82, 2.24) is 10.2 Å². The molecule has 4 heteroatoms. The van der Waals surface area contributed by atoms with Crippen LogP contribution < -0.4 is 5.56 Å². The van der Waals surface area contributed by atoms with Crippen molar-refractivity contribution in [3.05, 3.63) is 40.3 Å². The molecule has 0 fully saturated rings. The Bertz CT molecular complexity index is 516. The maximum absolute atomic E-state index is 11.2. The van der Waals surface area contributed by atoms with Crippen LogP contribution in [0.5, 0.6) is 0 Å². The minimum Gasteiger partial charge on any atom is -0.298 e. The number of carbonyl (C=O) groups is 1. The average Bonchev–Trinajstić information content (AvgIpc) is 2.18. The van der Waals surface area contributed by atoms with Gasteiger partial charge in [0.25, 0.3) is 5.56 Å². The first-order valence-electron chi connectivity index (χ1n) is 3.74. The Labute approximate surface area is 73.2 Å². The summed E-state index contributed by atoms with van der Waals surface area (Å²) in [5.74, 6) is 0. The van der Waals surface area contributed by atoms with Gasteiger partial charge in [0, 0.05) is 10.9 Å². The number of H-pyrrole nitrogens is 1. The normalized spacial score (nSPS) is 10.2. The fourth-order valence-corrected chi connectivity index (χ4v) is 1.19. The molecule has 0 bridgehead atoms. The summed E-state index contributed by atoms with van der Waals surface area (Å²) in [6.07, 6.45) is 2.25. The topological polar surface area (TPSA) is 62.8 Å². The van der Waals surface area contributed by atoms with Gasteiger partial charge >= 0.3 is 0 Å². The zero-order valence-corrected chi connectivity index (χ0v) is 6.65. The minimum absolute atomic E-state index is 0.241. The number of hydrogen-bond donors (Lipinski definition) is 1. The van der Waals surface area contributed by atoms with Crippen LogP contribution >= 0.6 is 0 Å². The van der Waals surface area contributed by atoms with Crippen LogP contribution in [0.4, 0.5) is 0 Å². The van der Waals surface area contributed by atoms with Gasteiger partial charge in [-0.3, -0.25) is 9.59 Å². The van der Waals surface area contributed by atoms with Crippen LogP contribution in [0.25, 0.3) is 10.8 Å². The molecule has 0 aliphatic carbocycles. The lowest BCUT2D eigenvalue weighted by Gasteiger charge is -1.95. The summed E-state index contributed by atoms with van der Waals surface area (Å²) >= 11 is 0. The van der Waals surface area contributed by atoms with Crippen LogP contribution in [-0.2, 0) is 0 Å². The number of aldehydes is 1. The van der Waals surface area contributed by atoms with Gasteiger partial charge in [0.15, 0.2) is 0 Å². The van der Waals surface area contributed by atoms with E-state index in [-0.39, 0.29) is 5.56 Å². The van der Waals surface area contributed by atoms with Gasteiger partial charge in [-0.1, -0.05) is 6.07 Å². The molecule has 2 aromatic rings. The molecule has 1 heterocycles. The number of nitrogens with one attached hydrogen (secondary N) is 1. The summed E-state index contributed by atoms with van der Waals surface area (Å²) in [6, 6.07) is 4.84. The van der Waals surface area contributed by atoms with Crippen LogP contribution in [0.2, 0.25) is 0 Å². The lowest BCUT2D eigenvalue weighted by Crippen LogP contribution is -2.07. The second kappa shape index (κ2) is 2.82. The third-order valence-electron chi connectivity index (χ3n) is 1.83. The molecule has 4 nitrogen and oxygen atoms in total. The zero-order valence-electron chi connectivity index (χ0n) is 6.65. The van der Waals surface area contributed by atoms with Crippen molar-refractivity contribution >= 4 is 17.1 Å². The summed E-state index contributed by atoms with van der Waals surface area (Å²) in [5, 5.41) is 7.17. The van der Waals surface area contributed by atoms with Crippen LogP contribution in [0.1, 0.15) is 10.4 Å². The first-order valence-corrected chi connectivity index (χ1v) is 3.74. The number of hydrogen-bond acceptors (Lipinski definition) is 3. The van der Waals surface area contributed by atoms with Crippen LogP contribution in [0.3, 0.4) is 0 Å². The molecular formula is C9H6N2O2. The van der Waals surface area contributed by atoms with E-state index in [4.69, 9.17) is 0 Å². The maximum atomic E-state index is 11.2. The standard InChI is InChI=1S/C9H6N2O2/c12-5-6-1-2-8-7(3-6)4-10-11-9(8)13/h1-5H,(H,11,13). The van der Waals surface area contributed by atoms with Gasteiger partial charge in [-0.25, -0.2) is 5.10 Å². The quantitative estimate of drug-likeness (QED) is 0.648. The summed E-state index contributed by atoms with van der Waals surface area (Å²) in [6.45, 7) is 0. The molecule has 0 unspecified atom stereocenters.